The molecular formula is C28H33N3O4. The van der Waals surface area contributed by atoms with Crippen molar-refractivity contribution in [3.63, 3.8) is 0 Å². The summed E-state index contributed by atoms with van der Waals surface area (Å²) in [4.78, 5) is 31.0. The van der Waals surface area contributed by atoms with E-state index in [1.165, 1.54) is 18.2 Å². The third kappa shape index (κ3) is 4.51. The van der Waals surface area contributed by atoms with Crippen LogP contribution in [-0.4, -0.2) is 45.3 Å². The van der Waals surface area contributed by atoms with Gasteiger partial charge in [0.1, 0.15) is 5.82 Å². The van der Waals surface area contributed by atoms with Gasteiger partial charge >= 0.3 is 12.1 Å². The maximum atomic E-state index is 12.3. The van der Waals surface area contributed by atoms with Crippen LogP contribution in [0.5, 0.6) is 0 Å². The molecule has 2 heterocycles. The first-order chi connectivity index (χ1) is 17.0. The lowest BCUT2D eigenvalue weighted by molar-refractivity contribution is -0.143. The molecule has 1 fully saturated rings. The highest BCUT2D eigenvalue weighted by Gasteiger charge is 2.33. The van der Waals surface area contributed by atoms with Gasteiger partial charge in [-0.05, 0) is 56.2 Å². The van der Waals surface area contributed by atoms with E-state index in [1.807, 2.05) is 6.07 Å². The van der Waals surface area contributed by atoms with Gasteiger partial charge in [0.25, 0.3) is 0 Å². The number of aromatic nitrogens is 2. The summed E-state index contributed by atoms with van der Waals surface area (Å²) in [5.41, 5.74) is 5.55. The number of benzene rings is 2. The number of carboxylic acid groups (broad SMARTS) is 1. The van der Waals surface area contributed by atoms with E-state index < -0.39 is 5.97 Å². The molecule has 35 heavy (non-hydrogen) atoms. The number of imidazole rings is 1. The smallest absolute Gasteiger partial charge is 0.409 e. The molecule has 1 unspecified atom stereocenters. The molecule has 0 radical (unpaired) electrons. The van der Waals surface area contributed by atoms with E-state index in [-0.39, 0.29) is 24.0 Å². The van der Waals surface area contributed by atoms with Crippen LogP contribution in [0.15, 0.2) is 42.5 Å². The minimum absolute atomic E-state index is 0.103. The number of ether oxygens (including phenoxy) is 1. The molecule has 1 saturated carbocycles. The normalized spacial score (nSPS) is 20.9. The van der Waals surface area contributed by atoms with Crippen LogP contribution < -0.4 is 0 Å². The first-order valence-electron chi connectivity index (χ1n) is 12.6. The van der Waals surface area contributed by atoms with Crippen LogP contribution >= 0.6 is 0 Å². The number of hydrogen-bond acceptors (Lipinski definition) is 4. The number of carboxylic acids is 1. The number of amides is 1. The molecule has 5 rings (SSSR count). The van der Waals surface area contributed by atoms with Crippen LogP contribution in [0.25, 0.3) is 11.0 Å². The van der Waals surface area contributed by atoms with Crippen molar-refractivity contribution >= 4 is 23.1 Å². The second-order valence-electron chi connectivity index (χ2n) is 9.99. The van der Waals surface area contributed by atoms with Crippen LogP contribution in [0, 0.1) is 5.92 Å². The lowest BCUT2D eigenvalue weighted by Crippen LogP contribution is -2.35. The Kier molecular flexibility index (Phi) is 6.50. The monoisotopic (exact) mass is 475 g/mol. The van der Waals surface area contributed by atoms with Gasteiger partial charge < -0.3 is 19.3 Å². The molecule has 1 amide bonds. The van der Waals surface area contributed by atoms with Crippen molar-refractivity contribution in [2.75, 3.05) is 13.7 Å². The molecule has 1 aliphatic carbocycles. The number of carbonyl (C=O) groups is 2. The number of nitrogens with zero attached hydrogens (tertiary/aromatic N) is 3. The fourth-order valence-corrected chi connectivity index (χ4v) is 5.94. The second-order valence-corrected chi connectivity index (χ2v) is 9.99. The van der Waals surface area contributed by atoms with E-state index in [1.54, 1.807) is 4.90 Å². The van der Waals surface area contributed by atoms with Gasteiger partial charge in [-0.1, -0.05) is 42.8 Å². The molecule has 7 heteroatoms. The van der Waals surface area contributed by atoms with Crippen molar-refractivity contribution in [1.82, 2.24) is 14.5 Å². The number of aliphatic carboxylic acids is 1. The fraction of sp³-hybridized carbons (Fsp3) is 0.464. The van der Waals surface area contributed by atoms with E-state index in [0.717, 1.165) is 54.5 Å². The Hall–Kier alpha value is -3.35. The summed E-state index contributed by atoms with van der Waals surface area (Å²) < 4.78 is 7.33. The summed E-state index contributed by atoms with van der Waals surface area (Å²) in [5, 5.41) is 9.70. The van der Waals surface area contributed by atoms with Gasteiger partial charge in [-0.3, -0.25) is 4.79 Å². The second kappa shape index (κ2) is 9.72. The molecule has 1 aliphatic heterocycles. The zero-order chi connectivity index (χ0) is 24.5. The van der Waals surface area contributed by atoms with Crippen molar-refractivity contribution in [3.05, 3.63) is 65.0 Å². The molecule has 1 N–H and O–H groups in total. The number of hydrogen-bond donors (Lipinski definition) is 1. The van der Waals surface area contributed by atoms with E-state index in [4.69, 9.17) is 9.72 Å². The van der Waals surface area contributed by atoms with Crippen molar-refractivity contribution < 1.29 is 19.4 Å². The van der Waals surface area contributed by atoms with Gasteiger partial charge in [0.05, 0.1) is 30.6 Å². The standard InChI is InChI=1S/C28H33N3O4/c1-18(15-19-7-4-3-5-8-19)31-24-12-11-20-13-14-30(28(34)35-2)17-23(20)25(24)29-26(31)21-9-6-10-22(16-21)27(32)33/h3-5,7-8,11-12,18,21-22H,6,9-10,13-17H2,1-2H3,(H,32,33)/t18-,21?,22+/m0/s1. The van der Waals surface area contributed by atoms with Gasteiger partial charge in [-0.15, -0.1) is 0 Å². The van der Waals surface area contributed by atoms with Gasteiger partial charge in [0.2, 0.25) is 0 Å². The zero-order valence-corrected chi connectivity index (χ0v) is 20.4. The highest BCUT2D eigenvalue weighted by molar-refractivity contribution is 5.82. The maximum absolute atomic E-state index is 12.3. The van der Waals surface area contributed by atoms with Crippen LogP contribution in [0.2, 0.25) is 0 Å². The molecule has 2 aromatic carbocycles. The lowest BCUT2D eigenvalue weighted by atomic mass is 9.81. The lowest BCUT2D eigenvalue weighted by Gasteiger charge is -2.28. The molecule has 2 aliphatic rings. The average Bonchev–Trinajstić information content (AvgIpc) is 3.29. The minimum atomic E-state index is -0.708. The van der Waals surface area contributed by atoms with Crippen molar-refractivity contribution in [1.29, 1.82) is 0 Å². The van der Waals surface area contributed by atoms with Crippen LogP contribution in [0.4, 0.5) is 4.79 Å². The molecule has 7 nitrogen and oxygen atoms in total. The summed E-state index contributed by atoms with van der Waals surface area (Å²) in [6.45, 7) is 3.33. The summed E-state index contributed by atoms with van der Waals surface area (Å²) >= 11 is 0. The molecule has 3 atom stereocenters. The Balaban J connectivity index is 1.60. The van der Waals surface area contributed by atoms with E-state index in [2.05, 4.69) is 47.9 Å². The van der Waals surface area contributed by atoms with Crippen molar-refractivity contribution in [3.8, 4) is 0 Å². The SMILES string of the molecule is COC(=O)N1CCc2ccc3c(nc(C4CCC[C@@H](C(=O)O)C4)n3[C@@H](C)Cc3ccccc3)c2C1. The number of fused-ring (bicyclic) bond motifs is 3. The van der Waals surface area contributed by atoms with E-state index in [9.17, 15) is 14.7 Å². The van der Waals surface area contributed by atoms with Gasteiger partial charge in [0, 0.05) is 24.1 Å². The Morgan fingerprint density at radius 1 is 1.17 bits per heavy atom. The Labute approximate surface area is 205 Å². The molecule has 0 saturated heterocycles. The van der Waals surface area contributed by atoms with E-state index >= 15 is 0 Å². The van der Waals surface area contributed by atoms with Crippen LogP contribution in [0.1, 0.15) is 67.1 Å². The highest BCUT2D eigenvalue weighted by Crippen LogP contribution is 2.40. The Morgan fingerprint density at radius 3 is 2.71 bits per heavy atom. The number of rotatable bonds is 5. The van der Waals surface area contributed by atoms with Crippen LogP contribution in [0.3, 0.4) is 0 Å². The quantitative estimate of drug-likeness (QED) is 0.540. The maximum Gasteiger partial charge on any atom is 0.409 e. The Bertz CT molecular complexity index is 1240. The predicted octanol–water partition coefficient (Wildman–Crippen LogP) is 5.32. The highest BCUT2D eigenvalue weighted by atomic mass is 16.5. The zero-order valence-electron chi connectivity index (χ0n) is 20.4. The van der Waals surface area contributed by atoms with E-state index in [0.29, 0.717) is 19.5 Å². The minimum Gasteiger partial charge on any atom is -0.481 e. The van der Waals surface area contributed by atoms with Crippen molar-refractivity contribution in [2.24, 2.45) is 5.92 Å². The Morgan fingerprint density at radius 2 is 1.97 bits per heavy atom. The van der Waals surface area contributed by atoms with Gasteiger partial charge in [-0.25, -0.2) is 9.78 Å². The summed E-state index contributed by atoms with van der Waals surface area (Å²) in [7, 11) is 1.42. The topological polar surface area (TPSA) is 84.7 Å². The largest absolute Gasteiger partial charge is 0.481 e. The number of methoxy groups -OCH3 is 1. The van der Waals surface area contributed by atoms with Crippen molar-refractivity contribution in [2.45, 2.75) is 64.0 Å². The first-order valence-corrected chi connectivity index (χ1v) is 12.6. The number of carbonyl (C=O) groups excluding carboxylic acids is 1. The van der Waals surface area contributed by atoms with Crippen LogP contribution in [-0.2, 0) is 28.9 Å². The molecule has 3 aromatic rings. The fourth-order valence-electron chi connectivity index (χ4n) is 5.94. The molecule has 1 aromatic heterocycles. The third-order valence-electron chi connectivity index (χ3n) is 7.73. The molecule has 0 bridgehead atoms. The third-order valence-corrected chi connectivity index (χ3v) is 7.73. The summed E-state index contributed by atoms with van der Waals surface area (Å²) in [6.07, 6.45) is 4.50. The molecular weight excluding hydrogens is 442 g/mol. The summed E-state index contributed by atoms with van der Waals surface area (Å²) in [6, 6.07) is 14.9. The first kappa shape index (κ1) is 23.4. The molecule has 0 spiro atoms. The molecule has 184 valence electrons. The summed E-state index contributed by atoms with van der Waals surface area (Å²) in [5.74, 6) is 0.0559. The van der Waals surface area contributed by atoms with Gasteiger partial charge in [0.15, 0.2) is 0 Å². The predicted molar refractivity (Wildman–Crippen MR) is 133 cm³/mol. The average molecular weight is 476 g/mol. The van der Waals surface area contributed by atoms with Gasteiger partial charge in [-0.2, -0.15) is 0 Å².